The second-order valence-corrected chi connectivity index (χ2v) is 8.05. The molecule has 0 saturated carbocycles. The first kappa shape index (κ1) is 20.7. The summed E-state index contributed by atoms with van der Waals surface area (Å²) in [4.78, 5) is 16.8. The predicted molar refractivity (Wildman–Crippen MR) is 102 cm³/mol. The topological polar surface area (TPSA) is 94.5 Å². The van der Waals surface area contributed by atoms with E-state index in [1.807, 2.05) is 0 Å². The molecule has 0 bridgehead atoms. The predicted octanol–water partition coefficient (Wildman–Crippen LogP) is 2.56. The maximum atomic E-state index is 13.1. The number of nitrogens with zero attached hydrogens (tertiary/aromatic N) is 2. The number of carbonyl (C=O) groups is 1. The fourth-order valence-corrected chi connectivity index (χ4v) is 4.48. The largest absolute Gasteiger partial charge is 0.468 e. The molecule has 1 aliphatic heterocycles. The molecule has 29 heavy (non-hydrogen) atoms. The Morgan fingerprint density at radius 1 is 1.07 bits per heavy atom. The van der Waals surface area contributed by atoms with Crippen LogP contribution in [-0.4, -0.2) is 51.2 Å². The van der Waals surface area contributed by atoms with Crippen molar-refractivity contribution < 1.29 is 31.9 Å². The van der Waals surface area contributed by atoms with Gasteiger partial charge in [-0.05, 0) is 48.5 Å². The summed E-state index contributed by atoms with van der Waals surface area (Å²) in [6, 6.07) is 10.1. The molecule has 154 valence electrons. The number of carbonyl (C=O) groups excluding carboxylic acids is 1. The number of esters is 1. The maximum absolute atomic E-state index is 13.1. The molecule has 0 radical (unpaired) electrons. The maximum Gasteiger partial charge on any atom is 0.324 e. The summed E-state index contributed by atoms with van der Waals surface area (Å²) < 4.78 is 50.4. The molecule has 0 aromatic heterocycles. The van der Waals surface area contributed by atoms with Gasteiger partial charge in [0.2, 0.25) is 10.0 Å². The van der Waals surface area contributed by atoms with E-state index in [0.717, 1.165) is 4.31 Å². The lowest BCUT2D eigenvalue weighted by Gasteiger charge is -2.21. The second-order valence-electron chi connectivity index (χ2n) is 6.16. The molecule has 3 rings (SSSR count). The fraction of sp³-hybridized carbons (Fsp3) is 0.263. The van der Waals surface area contributed by atoms with Gasteiger partial charge in [-0.25, -0.2) is 12.8 Å². The Morgan fingerprint density at radius 2 is 1.66 bits per heavy atom. The van der Waals surface area contributed by atoms with E-state index in [1.54, 1.807) is 0 Å². The van der Waals surface area contributed by atoms with Gasteiger partial charge in [0.1, 0.15) is 30.5 Å². The van der Waals surface area contributed by atoms with E-state index < -0.39 is 22.0 Å². The zero-order chi connectivity index (χ0) is 21.0. The molecule has 2 aromatic carbocycles. The molecule has 0 amide bonds. The lowest BCUT2D eigenvalue weighted by atomic mass is 10.2. The number of oxime groups is 1. The van der Waals surface area contributed by atoms with Gasteiger partial charge in [0, 0.05) is 6.42 Å². The molecular weight excluding hydrogens is 403 g/mol. The highest BCUT2D eigenvalue weighted by Crippen LogP contribution is 2.28. The smallest absolute Gasteiger partial charge is 0.324 e. The van der Waals surface area contributed by atoms with Crippen LogP contribution in [0.25, 0.3) is 0 Å². The van der Waals surface area contributed by atoms with Gasteiger partial charge in [0.15, 0.2) is 0 Å². The Labute approximate surface area is 167 Å². The highest BCUT2D eigenvalue weighted by atomic mass is 32.2. The Morgan fingerprint density at radius 3 is 2.21 bits per heavy atom. The van der Waals surface area contributed by atoms with Crippen LogP contribution in [0.1, 0.15) is 6.42 Å². The number of hydrogen-bond acceptors (Lipinski definition) is 7. The number of ether oxygens (including phenoxy) is 2. The van der Waals surface area contributed by atoms with E-state index in [0.29, 0.717) is 17.2 Å². The van der Waals surface area contributed by atoms with Crippen LogP contribution in [0, 0.1) is 5.82 Å². The van der Waals surface area contributed by atoms with Gasteiger partial charge in [-0.1, -0.05) is 5.16 Å². The zero-order valence-electron chi connectivity index (χ0n) is 15.7. The van der Waals surface area contributed by atoms with Crippen LogP contribution < -0.4 is 4.74 Å². The van der Waals surface area contributed by atoms with E-state index >= 15 is 0 Å². The zero-order valence-corrected chi connectivity index (χ0v) is 16.6. The Kier molecular flexibility index (Phi) is 6.14. The molecule has 1 saturated heterocycles. The van der Waals surface area contributed by atoms with Crippen molar-refractivity contribution in [2.24, 2.45) is 5.16 Å². The second kappa shape index (κ2) is 8.58. The summed E-state index contributed by atoms with van der Waals surface area (Å²) in [5, 5.41) is 3.77. The van der Waals surface area contributed by atoms with Crippen LogP contribution in [0.15, 0.2) is 58.6 Å². The third-order valence-corrected chi connectivity index (χ3v) is 6.16. The number of benzene rings is 2. The SMILES string of the molecule is CO/N=C1/C[C@H](C(=O)OC)N(S(=O)(=O)c2ccc(Oc3ccc(F)cc3)cc2)C1. The minimum atomic E-state index is -4.00. The van der Waals surface area contributed by atoms with Gasteiger partial charge in [-0.3, -0.25) is 4.79 Å². The van der Waals surface area contributed by atoms with E-state index in [-0.39, 0.29) is 23.7 Å². The third-order valence-electron chi connectivity index (χ3n) is 4.29. The van der Waals surface area contributed by atoms with Crippen molar-refractivity contribution in [2.75, 3.05) is 20.8 Å². The Bertz CT molecular complexity index is 1010. The van der Waals surface area contributed by atoms with Gasteiger partial charge in [-0.15, -0.1) is 0 Å². The van der Waals surface area contributed by atoms with Gasteiger partial charge in [0.05, 0.1) is 24.3 Å². The van der Waals surface area contributed by atoms with Gasteiger partial charge < -0.3 is 14.3 Å². The highest BCUT2D eigenvalue weighted by molar-refractivity contribution is 7.89. The lowest BCUT2D eigenvalue weighted by molar-refractivity contribution is -0.144. The van der Waals surface area contributed by atoms with Crippen LogP contribution in [-0.2, 0) is 24.4 Å². The first-order valence-corrected chi connectivity index (χ1v) is 10.0. The molecule has 10 heteroatoms. The minimum absolute atomic E-state index is 0.0171. The van der Waals surface area contributed by atoms with Crippen molar-refractivity contribution in [1.29, 1.82) is 0 Å². The van der Waals surface area contributed by atoms with E-state index in [1.165, 1.54) is 62.8 Å². The summed E-state index contributed by atoms with van der Waals surface area (Å²) in [7, 11) is -1.46. The number of hydrogen-bond donors (Lipinski definition) is 0. The van der Waals surface area contributed by atoms with Gasteiger partial charge in [-0.2, -0.15) is 4.31 Å². The molecule has 1 aliphatic rings. The summed E-state index contributed by atoms with van der Waals surface area (Å²) in [6.07, 6.45) is 0.0888. The summed E-state index contributed by atoms with van der Waals surface area (Å²) >= 11 is 0. The summed E-state index contributed by atoms with van der Waals surface area (Å²) in [6.45, 7) is -0.0796. The van der Waals surface area contributed by atoms with Crippen molar-refractivity contribution in [2.45, 2.75) is 17.4 Å². The van der Waals surface area contributed by atoms with Gasteiger partial charge in [0.25, 0.3) is 0 Å². The Balaban J connectivity index is 1.83. The first-order chi connectivity index (χ1) is 13.8. The number of halogens is 1. The van der Waals surface area contributed by atoms with Crippen LogP contribution in [0.5, 0.6) is 11.5 Å². The molecule has 1 fully saturated rings. The monoisotopic (exact) mass is 422 g/mol. The van der Waals surface area contributed by atoms with Crippen molar-refractivity contribution in [1.82, 2.24) is 4.31 Å². The van der Waals surface area contributed by atoms with E-state index in [4.69, 9.17) is 14.3 Å². The summed E-state index contributed by atoms with van der Waals surface area (Å²) in [5.74, 6) is -0.275. The van der Waals surface area contributed by atoms with Crippen molar-refractivity contribution in [3.8, 4) is 11.5 Å². The van der Waals surface area contributed by atoms with Crippen LogP contribution in [0.4, 0.5) is 4.39 Å². The fourth-order valence-electron chi connectivity index (χ4n) is 2.92. The van der Waals surface area contributed by atoms with Gasteiger partial charge >= 0.3 is 5.97 Å². The third kappa shape index (κ3) is 4.54. The molecule has 8 nitrogen and oxygen atoms in total. The number of rotatable bonds is 6. The quantitative estimate of drug-likeness (QED) is 0.525. The number of sulfonamides is 1. The molecule has 1 heterocycles. The van der Waals surface area contributed by atoms with Crippen LogP contribution in [0.2, 0.25) is 0 Å². The molecule has 0 spiro atoms. The van der Waals surface area contributed by atoms with Crippen molar-refractivity contribution in [3.63, 3.8) is 0 Å². The molecule has 0 N–H and O–H groups in total. The lowest BCUT2D eigenvalue weighted by Crippen LogP contribution is -2.41. The average molecular weight is 422 g/mol. The van der Waals surface area contributed by atoms with Crippen molar-refractivity contribution >= 4 is 21.7 Å². The number of methoxy groups -OCH3 is 1. The van der Waals surface area contributed by atoms with Crippen LogP contribution in [0.3, 0.4) is 0 Å². The standard InChI is InChI=1S/C19H19FN2O6S/c1-26-19(23)18-11-14(21-27-2)12-22(18)29(24,25)17-9-7-16(8-10-17)28-15-5-3-13(20)4-6-15/h3-10,18H,11-12H2,1-2H3/b21-14-/t18-/m1/s1. The normalized spacial score (nSPS) is 18.6. The first-order valence-electron chi connectivity index (χ1n) is 8.57. The van der Waals surface area contributed by atoms with E-state index in [2.05, 4.69) is 5.16 Å². The van der Waals surface area contributed by atoms with Crippen LogP contribution >= 0.6 is 0 Å². The highest BCUT2D eigenvalue weighted by Gasteiger charge is 2.43. The molecular formula is C19H19FN2O6S. The molecule has 0 aliphatic carbocycles. The van der Waals surface area contributed by atoms with E-state index in [9.17, 15) is 17.6 Å². The summed E-state index contributed by atoms with van der Waals surface area (Å²) in [5.41, 5.74) is 0.419. The molecule has 1 atom stereocenters. The minimum Gasteiger partial charge on any atom is -0.468 e. The average Bonchev–Trinajstić information content (AvgIpc) is 3.15. The van der Waals surface area contributed by atoms with Crippen molar-refractivity contribution in [3.05, 3.63) is 54.3 Å². The molecule has 0 unspecified atom stereocenters. The Hall–Kier alpha value is -2.98. The molecule has 2 aromatic rings.